The predicted molar refractivity (Wildman–Crippen MR) is 121 cm³/mol. The topological polar surface area (TPSA) is 61.4 Å². The molecule has 0 radical (unpaired) electrons. The fourth-order valence-corrected chi connectivity index (χ4v) is 3.13. The Kier molecular flexibility index (Phi) is 7.35. The molecule has 30 heavy (non-hydrogen) atoms. The van der Waals surface area contributed by atoms with Gasteiger partial charge in [-0.25, -0.2) is 0 Å². The molecule has 5 heteroatoms. The van der Waals surface area contributed by atoms with Crippen LogP contribution in [0.3, 0.4) is 0 Å². The Morgan fingerprint density at radius 2 is 1.33 bits per heavy atom. The molecule has 0 saturated heterocycles. The first-order valence-corrected chi connectivity index (χ1v) is 9.98. The number of carbonyl (C=O) groups is 2. The summed E-state index contributed by atoms with van der Waals surface area (Å²) in [7, 11) is 4.04. The quantitative estimate of drug-likeness (QED) is 0.603. The van der Waals surface area contributed by atoms with Gasteiger partial charge in [-0.1, -0.05) is 48.5 Å². The van der Waals surface area contributed by atoms with Gasteiger partial charge in [0.1, 0.15) is 0 Å². The third-order valence-corrected chi connectivity index (χ3v) is 4.98. The van der Waals surface area contributed by atoms with Crippen molar-refractivity contribution in [3.63, 3.8) is 0 Å². The number of nitrogens with zero attached hydrogens (tertiary/aromatic N) is 1. The number of anilines is 1. The first-order valence-electron chi connectivity index (χ1n) is 9.98. The monoisotopic (exact) mass is 401 g/mol. The summed E-state index contributed by atoms with van der Waals surface area (Å²) >= 11 is 0. The van der Waals surface area contributed by atoms with Gasteiger partial charge in [-0.05, 0) is 62.5 Å². The molecule has 0 heterocycles. The van der Waals surface area contributed by atoms with Crippen LogP contribution < -0.4 is 10.6 Å². The fraction of sp³-hybridized carbons (Fsp3) is 0.200. The maximum Gasteiger partial charge on any atom is 0.255 e. The predicted octanol–water partition coefficient (Wildman–Crippen LogP) is 3.84. The minimum Gasteiger partial charge on any atom is -0.350 e. The molecule has 0 spiro atoms. The Balaban J connectivity index is 1.55. The molecule has 0 fully saturated rings. The molecule has 5 nitrogen and oxygen atoms in total. The van der Waals surface area contributed by atoms with Gasteiger partial charge in [0.2, 0.25) is 0 Å². The van der Waals surface area contributed by atoms with Crippen LogP contribution in [-0.2, 0) is 6.42 Å². The number of likely N-dealkylation sites (N-methyl/N-ethyl adjacent to an activating group) is 1. The van der Waals surface area contributed by atoms with E-state index in [9.17, 15) is 9.59 Å². The number of nitrogens with one attached hydrogen (secondary N) is 2. The number of hydrogen-bond donors (Lipinski definition) is 2. The molecule has 0 aliphatic rings. The van der Waals surface area contributed by atoms with E-state index >= 15 is 0 Å². The highest BCUT2D eigenvalue weighted by molar-refractivity contribution is 6.04. The summed E-state index contributed by atoms with van der Waals surface area (Å²) in [5.74, 6) is -0.307. The van der Waals surface area contributed by atoms with Crippen molar-refractivity contribution >= 4 is 17.5 Å². The van der Waals surface area contributed by atoms with Gasteiger partial charge in [0.25, 0.3) is 11.8 Å². The van der Waals surface area contributed by atoms with Crippen LogP contribution in [-0.4, -0.2) is 43.4 Å². The first kappa shape index (κ1) is 21.3. The summed E-state index contributed by atoms with van der Waals surface area (Å²) in [5, 5.41) is 5.86. The molecule has 154 valence electrons. The van der Waals surface area contributed by atoms with Crippen LogP contribution in [0.5, 0.6) is 0 Å². The van der Waals surface area contributed by atoms with E-state index in [0.717, 1.165) is 6.42 Å². The lowest BCUT2D eigenvalue weighted by atomic mass is 10.0. The van der Waals surface area contributed by atoms with Gasteiger partial charge in [0, 0.05) is 29.4 Å². The summed E-state index contributed by atoms with van der Waals surface area (Å²) in [6.07, 6.45) is 0.860. The van der Waals surface area contributed by atoms with Gasteiger partial charge in [-0.3, -0.25) is 9.59 Å². The van der Waals surface area contributed by atoms with Crippen molar-refractivity contribution < 1.29 is 9.59 Å². The zero-order valence-electron chi connectivity index (χ0n) is 17.3. The lowest BCUT2D eigenvalue weighted by molar-refractivity contribution is 0.0941. The largest absolute Gasteiger partial charge is 0.350 e. The van der Waals surface area contributed by atoms with Crippen LogP contribution in [0.2, 0.25) is 0 Å². The minimum absolute atomic E-state index is 0.129. The van der Waals surface area contributed by atoms with Crippen molar-refractivity contribution in [2.24, 2.45) is 0 Å². The lowest BCUT2D eigenvalue weighted by Crippen LogP contribution is -2.41. The van der Waals surface area contributed by atoms with E-state index in [0.29, 0.717) is 23.4 Å². The van der Waals surface area contributed by atoms with Crippen LogP contribution in [0.4, 0.5) is 5.69 Å². The average Bonchev–Trinajstić information content (AvgIpc) is 2.78. The molecule has 1 atom stereocenters. The van der Waals surface area contributed by atoms with E-state index in [1.54, 1.807) is 36.4 Å². The van der Waals surface area contributed by atoms with Crippen LogP contribution >= 0.6 is 0 Å². The molecule has 3 aromatic carbocycles. The van der Waals surface area contributed by atoms with E-state index < -0.39 is 0 Å². The molecule has 2 N–H and O–H groups in total. The second-order valence-corrected chi connectivity index (χ2v) is 7.41. The Morgan fingerprint density at radius 3 is 1.93 bits per heavy atom. The summed E-state index contributed by atoms with van der Waals surface area (Å²) < 4.78 is 0. The van der Waals surface area contributed by atoms with Crippen LogP contribution in [0.15, 0.2) is 84.9 Å². The van der Waals surface area contributed by atoms with E-state index in [4.69, 9.17) is 0 Å². The summed E-state index contributed by atoms with van der Waals surface area (Å²) in [5.41, 5.74) is 3.04. The van der Waals surface area contributed by atoms with Crippen molar-refractivity contribution in [1.29, 1.82) is 0 Å². The van der Waals surface area contributed by atoms with E-state index in [1.807, 2.05) is 50.5 Å². The van der Waals surface area contributed by atoms with E-state index in [-0.39, 0.29) is 17.9 Å². The molecule has 1 unspecified atom stereocenters. The van der Waals surface area contributed by atoms with E-state index in [1.165, 1.54) is 5.56 Å². The Morgan fingerprint density at radius 1 is 0.767 bits per heavy atom. The summed E-state index contributed by atoms with van der Waals surface area (Å²) in [6, 6.07) is 26.4. The number of benzene rings is 3. The van der Waals surface area contributed by atoms with Crippen LogP contribution in [0.1, 0.15) is 26.3 Å². The third kappa shape index (κ3) is 6.03. The van der Waals surface area contributed by atoms with Crippen molar-refractivity contribution in [2.45, 2.75) is 12.5 Å². The Hall–Kier alpha value is -3.44. The molecule has 0 bridgehead atoms. The first-order chi connectivity index (χ1) is 14.5. The second-order valence-electron chi connectivity index (χ2n) is 7.41. The van der Waals surface area contributed by atoms with Crippen LogP contribution in [0, 0.1) is 0 Å². The Bertz CT molecular complexity index is 955. The van der Waals surface area contributed by atoms with Gasteiger partial charge in [-0.15, -0.1) is 0 Å². The number of carbonyl (C=O) groups excluding carboxylic acids is 2. The maximum atomic E-state index is 12.6. The average molecular weight is 402 g/mol. The van der Waals surface area contributed by atoms with Crippen molar-refractivity contribution in [3.05, 3.63) is 102 Å². The lowest BCUT2D eigenvalue weighted by Gasteiger charge is -2.24. The molecule has 3 rings (SSSR count). The molecule has 0 aromatic heterocycles. The van der Waals surface area contributed by atoms with Crippen molar-refractivity contribution in [1.82, 2.24) is 10.2 Å². The number of amides is 2. The maximum absolute atomic E-state index is 12.6. The number of hydrogen-bond acceptors (Lipinski definition) is 3. The molecular weight excluding hydrogens is 374 g/mol. The van der Waals surface area contributed by atoms with E-state index in [2.05, 4.69) is 27.7 Å². The minimum atomic E-state index is -0.178. The summed E-state index contributed by atoms with van der Waals surface area (Å²) in [6.45, 7) is 0.549. The zero-order chi connectivity index (χ0) is 21.3. The zero-order valence-corrected chi connectivity index (χ0v) is 17.3. The highest BCUT2D eigenvalue weighted by Gasteiger charge is 2.15. The van der Waals surface area contributed by atoms with Crippen LogP contribution in [0.25, 0.3) is 0 Å². The number of rotatable bonds is 8. The Labute approximate surface area is 177 Å². The van der Waals surface area contributed by atoms with Gasteiger partial charge in [0.15, 0.2) is 0 Å². The molecule has 0 saturated carbocycles. The normalized spacial score (nSPS) is 11.7. The van der Waals surface area contributed by atoms with Gasteiger partial charge < -0.3 is 15.5 Å². The highest BCUT2D eigenvalue weighted by atomic mass is 16.2. The highest BCUT2D eigenvalue weighted by Crippen LogP contribution is 2.12. The SMILES string of the molecule is CN(C)C(CNC(=O)c1ccc(NC(=O)c2ccccc2)cc1)Cc1ccccc1. The molecule has 0 aliphatic carbocycles. The van der Waals surface area contributed by atoms with Crippen molar-refractivity contribution in [2.75, 3.05) is 26.0 Å². The molecule has 0 aliphatic heterocycles. The van der Waals surface area contributed by atoms with Gasteiger partial charge in [-0.2, -0.15) is 0 Å². The van der Waals surface area contributed by atoms with Crippen molar-refractivity contribution in [3.8, 4) is 0 Å². The van der Waals surface area contributed by atoms with Gasteiger partial charge in [0.05, 0.1) is 0 Å². The summed E-state index contributed by atoms with van der Waals surface area (Å²) in [4.78, 5) is 26.9. The third-order valence-electron chi connectivity index (χ3n) is 4.98. The molecule has 2 amide bonds. The standard InChI is InChI=1S/C25H27N3O2/c1-28(2)23(17-19-9-5-3-6-10-19)18-26-24(29)21-13-15-22(16-14-21)27-25(30)20-11-7-4-8-12-20/h3-16,23H,17-18H2,1-2H3,(H,26,29)(H,27,30). The second kappa shape index (κ2) is 10.4. The van der Waals surface area contributed by atoms with Gasteiger partial charge >= 0.3 is 0 Å². The smallest absolute Gasteiger partial charge is 0.255 e. The molecule has 3 aromatic rings. The molecular formula is C25H27N3O2. The fourth-order valence-electron chi connectivity index (χ4n) is 3.13.